The van der Waals surface area contributed by atoms with Crippen molar-refractivity contribution in [1.82, 2.24) is 0 Å². The number of oxazole rings is 1. The maximum Gasteiger partial charge on any atom is 1.00 e. The summed E-state index contributed by atoms with van der Waals surface area (Å²) in [6, 6.07) is 14.4. The smallest absolute Gasteiger partial charge is 0.872 e. The Bertz CT molecular complexity index is 615. The number of nitrogens with one attached hydrogen (secondary N) is 1. The molecule has 1 heterocycles. The first-order chi connectivity index (χ1) is 7.84. The quantitative estimate of drug-likeness (QED) is 0.568. The van der Waals surface area contributed by atoms with E-state index in [1.165, 1.54) is 6.07 Å². The van der Waals surface area contributed by atoms with Crippen LogP contribution in [0.25, 0.3) is 22.6 Å². The van der Waals surface area contributed by atoms with Gasteiger partial charge in [0.1, 0.15) is 0 Å². The summed E-state index contributed by atoms with van der Waals surface area (Å²) >= 11 is 0. The predicted molar refractivity (Wildman–Crippen MR) is 57.7 cm³/mol. The number of para-hydroxylation sites is 3. The van der Waals surface area contributed by atoms with Gasteiger partial charge in [-0.2, -0.15) is 4.98 Å². The summed E-state index contributed by atoms with van der Waals surface area (Å²) in [5.74, 6) is 0.463. The number of H-pyrrole nitrogens is 1. The zero-order valence-corrected chi connectivity index (χ0v) is 15.7. The van der Waals surface area contributed by atoms with E-state index in [-0.39, 0.29) is 74.6 Å². The molecule has 0 saturated heterocycles. The van der Waals surface area contributed by atoms with Crippen LogP contribution < -0.4 is 79.0 Å². The molecule has 0 amide bonds. The fourth-order valence-corrected chi connectivity index (χ4v) is 1.69. The summed E-state index contributed by atoms with van der Waals surface area (Å²) in [6.07, 6.45) is 0. The van der Waals surface area contributed by atoms with Gasteiger partial charge >= 0.3 is 74.8 Å². The van der Waals surface area contributed by atoms with Gasteiger partial charge in [0.15, 0.2) is 0 Å². The Hall–Kier alpha value is -0.238. The van der Waals surface area contributed by atoms with E-state index < -0.39 is 0 Å². The van der Waals surface area contributed by atoms with Crippen LogP contribution in [0.5, 0.6) is 5.75 Å². The molecule has 3 nitrogen and oxygen atoms in total. The number of rotatable bonds is 1. The molecule has 0 fully saturated rings. The summed E-state index contributed by atoms with van der Waals surface area (Å²) in [4.78, 5) is 3.09. The molecule has 0 aliphatic carbocycles. The van der Waals surface area contributed by atoms with Crippen molar-refractivity contribution < 1.29 is 83.4 Å². The van der Waals surface area contributed by atoms with Gasteiger partial charge in [-0.1, -0.05) is 36.1 Å². The van der Waals surface area contributed by atoms with Crippen LogP contribution in [-0.4, -0.2) is 0 Å². The second-order valence-electron chi connectivity index (χ2n) is 3.55. The van der Waals surface area contributed by atoms with Crippen molar-refractivity contribution in [2.45, 2.75) is 0 Å². The molecule has 0 spiro atoms. The molecule has 3 aromatic rings. The van der Waals surface area contributed by atoms with Crippen molar-refractivity contribution in [2.75, 3.05) is 0 Å². The normalized spacial score (nSPS) is 10.1. The molecule has 78 valence electrons. The minimum atomic E-state index is -0.0437. The van der Waals surface area contributed by atoms with Crippen molar-refractivity contribution in [3.8, 4) is 17.2 Å². The second-order valence-corrected chi connectivity index (χ2v) is 3.55. The zero-order valence-electron chi connectivity index (χ0n) is 9.44. The van der Waals surface area contributed by atoms with Gasteiger partial charge in [0, 0.05) is 6.07 Å². The molecule has 0 saturated carbocycles. The zero-order chi connectivity index (χ0) is 11.0. The number of aromatic amines is 1. The topological polar surface area (TPSA) is 50.3 Å². The fraction of sp³-hybridized carbons (Fsp3) is 0. The van der Waals surface area contributed by atoms with Gasteiger partial charge in [0.25, 0.3) is 0 Å². The van der Waals surface area contributed by atoms with E-state index in [9.17, 15) is 5.11 Å². The van der Waals surface area contributed by atoms with E-state index in [1.54, 1.807) is 12.1 Å². The molecule has 1 aromatic heterocycles. The third kappa shape index (κ3) is 2.62. The van der Waals surface area contributed by atoms with E-state index in [2.05, 4.69) is 4.98 Å². The maximum absolute atomic E-state index is 11.6. The second kappa shape index (κ2) is 5.60. The van der Waals surface area contributed by atoms with Crippen LogP contribution in [0.3, 0.4) is 0 Å². The number of fused-ring (bicyclic) bond motifs is 1. The number of hydrogen-bond acceptors (Lipinski definition) is 2. The minimum absolute atomic E-state index is 0. The van der Waals surface area contributed by atoms with E-state index in [4.69, 9.17) is 4.42 Å². The van der Waals surface area contributed by atoms with E-state index in [0.717, 1.165) is 11.1 Å². The van der Waals surface area contributed by atoms with Crippen LogP contribution in [-0.2, 0) is 0 Å². The van der Waals surface area contributed by atoms with Gasteiger partial charge in [-0.25, -0.2) is 0 Å². The minimum Gasteiger partial charge on any atom is -0.872 e. The average molecular weight is 344 g/mol. The molecule has 2 aromatic carbocycles. The molecule has 0 aliphatic rings. The van der Waals surface area contributed by atoms with Crippen LogP contribution in [0, 0.1) is 0 Å². The van der Waals surface area contributed by atoms with Gasteiger partial charge in [-0.15, -0.1) is 0 Å². The standard InChI is InChI=1S/C13H9NO2.Cs/c15-11-7-3-1-5-9(11)13-14-10-6-2-4-8-12(10)16-13;/h1-8,15H;/q;+1. The Morgan fingerprint density at radius 1 is 0.941 bits per heavy atom. The number of hydrogen-bond donors (Lipinski definition) is 0. The largest absolute Gasteiger partial charge is 1.00 e. The van der Waals surface area contributed by atoms with Crippen molar-refractivity contribution in [3.05, 3.63) is 48.5 Å². The Morgan fingerprint density at radius 3 is 2.41 bits per heavy atom. The average Bonchev–Trinajstić information content (AvgIpc) is 2.73. The summed E-state index contributed by atoms with van der Waals surface area (Å²) in [5, 5.41) is 11.6. The Labute approximate surface area is 157 Å². The van der Waals surface area contributed by atoms with Crippen LogP contribution in [0.1, 0.15) is 0 Å². The van der Waals surface area contributed by atoms with Crippen molar-refractivity contribution in [2.24, 2.45) is 0 Å². The first-order valence-corrected chi connectivity index (χ1v) is 5.02. The van der Waals surface area contributed by atoms with Gasteiger partial charge in [-0.3, -0.25) is 0 Å². The molecule has 3 rings (SSSR count). The summed E-state index contributed by atoms with van der Waals surface area (Å²) in [7, 11) is 0. The van der Waals surface area contributed by atoms with E-state index >= 15 is 0 Å². The van der Waals surface area contributed by atoms with Crippen LogP contribution in [0.15, 0.2) is 52.9 Å². The molecular weight excluding hydrogens is 335 g/mol. The van der Waals surface area contributed by atoms with Crippen molar-refractivity contribution >= 4 is 11.1 Å². The molecule has 0 bridgehead atoms. The third-order valence-corrected chi connectivity index (χ3v) is 2.48. The van der Waals surface area contributed by atoms with Gasteiger partial charge in [0.05, 0.1) is 5.56 Å². The molecule has 0 unspecified atom stereocenters. The Balaban J connectivity index is 0.00000108. The predicted octanol–water partition coefficient (Wildman–Crippen LogP) is -1.01. The molecule has 0 atom stereocenters. The van der Waals surface area contributed by atoms with Crippen LogP contribution >= 0.6 is 0 Å². The molecule has 4 heteroatoms. The molecule has 1 N–H and O–H groups in total. The van der Waals surface area contributed by atoms with Gasteiger partial charge in [0.2, 0.25) is 11.1 Å². The maximum atomic E-state index is 11.6. The van der Waals surface area contributed by atoms with Crippen molar-refractivity contribution in [3.63, 3.8) is 0 Å². The SMILES string of the molecule is [Cs+].[O-]c1ccccc1-c1[nH+]c2ccccc2o1. The monoisotopic (exact) mass is 344 g/mol. The van der Waals surface area contributed by atoms with Crippen LogP contribution in [0.4, 0.5) is 0 Å². The number of aromatic nitrogens is 1. The Morgan fingerprint density at radius 2 is 1.65 bits per heavy atom. The molecular formula is C13H9CsNO2+. The van der Waals surface area contributed by atoms with Gasteiger partial charge in [-0.05, 0) is 12.1 Å². The summed E-state index contributed by atoms with van der Waals surface area (Å²) < 4.78 is 5.58. The third-order valence-electron chi connectivity index (χ3n) is 2.48. The number of benzene rings is 2. The first kappa shape index (κ1) is 13.2. The Kier molecular flexibility index (Phi) is 4.35. The van der Waals surface area contributed by atoms with E-state index in [1.807, 2.05) is 30.3 Å². The summed E-state index contributed by atoms with van der Waals surface area (Å²) in [5.41, 5.74) is 2.19. The molecule has 17 heavy (non-hydrogen) atoms. The summed E-state index contributed by atoms with van der Waals surface area (Å²) in [6.45, 7) is 0. The van der Waals surface area contributed by atoms with Crippen LogP contribution in [0.2, 0.25) is 0 Å². The van der Waals surface area contributed by atoms with Crippen molar-refractivity contribution in [1.29, 1.82) is 0 Å². The van der Waals surface area contributed by atoms with E-state index in [0.29, 0.717) is 11.5 Å². The fourth-order valence-electron chi connectivity index (χ4n) is 1.69. The van der Waals surface area contributed by atoms with Gasteiger partial charge < -0.3 is 9.52 Å². The molecule has 0 aliphatic heterocycles. The first-order valence-electron chi connectivity index (χ1n) is 5.02. The molecule has 0 radical (unpaired) electrons.